The number of hydrogen-bond acceptors (Lipinski definition) is 4. The summed E-state index contributed by atoms with van der Waals surface area (Å²) in [4.78, 5) is 10.6. The Bertz CT molecular complexity index is 245. The molecule has 0 radical (unpaired) electrons. The van der Waals surface area contributed by atoms with E-state index in [9.17, 15) is 4.79 Å². The first-order valence-corrected chi connectivity index (χ1v) is 3.51. The first-order chi connectivity index (χ1) is 4.75. The minimum absolute atomic E-state index is 0.313. The Morgan fingerprint density at radius 2 is 2.60 bits per heavy atom. The molecule has 1 aromatic heterocycles. The molecular formula is C5H7N3OS. The van der Waals surface area contributed by atoms with E-state index in [1.54, 1.807) is 12.4 Å². The molecule has 0 aliphatic heterocycles. The van der Waals surface area contributed by atoms with Crippen LogP contribution in [0.2, 0.25) is 0 Å². The Morgan fingerprint density at radius 1 is 1.90 bits per heavy atom. The van der Waals surface area contributed by atoms with E-state index in [1.165, 1.54) is 11.5 Å². The molecule has 0 spiro atoms. The van der Waals surface area contributed by atoms with Gasteiger partial charge in [-0.25, -0.2) is 0 Å². The van der Waals surface area contributed by atoms with Crippen molar-refractivity contribution in [3.8, 4) is 0 Å². The second-order valence-electron chi connectivity index (χ2n) is 1.69. The van der Waals surface area contributed by atoms with Gasteiger partial charge in [-0.3, -0.25) is 4.79 Å². The molecule has 0 atom stereocenters. The molecule has 0 bridgehead atoms. The predicted octanol–water partition coefficient (Wildman–Crippen LogP) is 0.284. The van der Waals surface area contributed by atoms with Gasteiger partial charge in [0.2, 0.25) is 0 Å². The van der Waals surface area contributed by atoms with Crippen LogP contribution in [0.5, 0.6) is 0 Å². The molecule has 3 N–H and O–H groups in total. The fourth-order valence-corrected chi connectivity index (χ4v) is 1.27. The van der Waals surface area contributed by atoms with Crippen LogP contribution in [0.3, 0.4) is 0 Å². The fourth-order valence-electron chi connectivity index (χ4n) is 0.592. The lowest BCUT2D eigenvalue weighted by Crippen LogP contribution is -2.12. The van der Waals surface area contributed by atoms with Crippen molar-refractivity contribution in [2.24, 2.45) is 5.73 Å². The molecule has 54 valence electrons. The Kier molecular flexibility index (Phi) is 1.86. The molecule has 0 aromatic carbocycles. The number of aromatic nitrogens is 1. The van der Waals surface area contributed by atoms with Crippen LogP contribution >= 0.6 is 11.5 Å². The summed E-state index contributed by atoms with van der Waals surface area (Å²) in [7, 11) is 1.72. The zero-order chi connectivity index (χ0) is 7.56. The molecule has 1 heterocycles. The third-order valence-corrected chi connectivity index (χ3v) is 1.70. The zero-order valence-corrected chi connectivity index (χ0v) is 6.23. The first kappa shape index (κ1) is 7.01. The van der Waals surface area contributed by atoms with Crippen LogP contribution in [-0.2, 0) is 0 Å². The van der Waals surface area contributed by atoms with Gasteiger partial charge in [-0.15, -0.1) is 0 Å². The van der Waals surface area contributed by atoms with E-state index >= 15 is 0 Å². The van der Waals surface area contributed by atoms with E-state index in [-0.39, 0.29) is 0 Å². The maximum Gasteiger partial charge on any atom is 0.270 e. The summed E-state index contributed by atoms with van der Waals surface area (Å²) in [5, 5.41) is 4.54. The molecule has 10 heavy (non-hydrogen) atoms. The first-order valence-electron chi connectivity index (χ1n) is 2.67. The normalized spacial score (nSPS) is 9.30. The van der Waals surface area contributed by atoms with E-state index in [0.29, 0.717) is 11.4 Å². The van der Waals surface area contributed by atoms with Crippen LogP contribution in [0.25, 0.3) is 0 Å². The number of anilines is 1. The van der Waals surface area contributed by atoms with Gasteiger partial charge in [-0.1, -0.05) is 0 Å². The largest absolute Gasteiger partial charge is 0.385 e. The van der Waals surface area contributed by atoms with Gasteiger partial charge in [0.1, 0.15) is 0 Å². The number of carbonyl (C=O) groups is 1. The van der Waals surface area contributed by atoms with Crippen LogP contribution in [0.4, 0.5) is 5.69 Å². The molecule has 0 aliphatic rings. The number of nitrogens with two attached hydrogens (primary N) is 1. The van der Waals surface area contributed by atoms with Gasteiger partial charge < -0.3 is 11.1 Å². The third kappa shape index (κ3) is 1.08. The molecule has 0 saturated carbocycles. The number of primary amides is 1. The van der Waals surface area contributed by atoms with Crippen molar-refractivity contribution in [3.05, 3.63) is 11.1 Å². The lowest BCUT2D eigenvalue weighted by Gasteiger charge is -1.94. The monoisotopic (exact) mass is 157 g/mol. The highest BCUT2D eigenvalue weighted by Crippen LogP contribution is 2.14. The Morgan fingerprint density at radius 3 is 3.00 bits per heavy atom. The molecule has 1 aromatic rings. The molecule has 0 unspecified atom stereocenters. The lowest BCUT2D eigenvalue weighted by molar-refractivity contribution is 0.0997. The molecule has 1 rings (SSSR count). The molecule has 0 fully saturated rings. The highest BCUT2D eigenvalue weighted by molar-refractivity contribution is 7.04. The average Bonchev–Trinajstić information content (AvgIpc) is 2.33. The lowest BCUT2D eigenvalue weighted by atomic mass is 10.3. The summed E-state index contributed by atoms with van der Waals surface area (Å²) in [6, 6.07) is 0. The van der Waals surface area contributed by atoms with Crippen molar-refractivity contribution in [2.45, 2.75) is 0 Å². The maximum absolute atomic E-state index is 10.6. The van der Waals surface area contributed by atoms with Crippen LogP contribution in [0.1, 0.15) is 10.5 Å². The molecule has 0 aliphatic carbocycles. The van der Waals surface area contributed by atoms with Gasteiger partial charge >= 0.3 is 0 Å². The van der Waals surface area contributed by atoms with E-state index in [2.05, 4.69) is 9.69 Å². The molecule has 1 amide bonds. The van der Waals surface area contributed by atoms with Gasteiger partial charge in [0.05, 0.1) is 5.69 Å². The zero-order valence-electron chi connectivity index (χ0n) is 5.42. The summed E-state index contributed by atoms with van der Waals surface area (Å²) in [6.07, 6.45) is 0. The van der Waals surface area contributed by atoms with Gasteiger partial charge in [-0.05, 0) is 11.5 Å². The Labute approximate surface area is 62.2 Å². The minimum atomic E-state index is -0.495. The van der Waals surface area contributed by atoms with Crippen molar-refractivity contribution in [1.82, 2.24) is 4.37 Å². The van der Waals surface area contributed by atoms with Gasteiger partial charge in [0.15, 0.2) is 5.69 Å². The van der Waals surface area contributed by atoms with Crippen LogP contribution in [0, 0.1) is 0 Å². The summed E-state index contributed by atoms with van der Waals surface area (Å²) < 4.78 is 3.79. The van der Waals surface area contributed by atoms with Crippen molar-refractivity contribution >= 4 is 23.1 Å². The molecular weight excluding hydrogens is 150 g/mol. The predicted molar refractivity (Wildman–Crippen MR) is 40.2 cm³/mol. The fraction of sp³-hybridized carbons (Fsp3) is 0.200. The number of nitrogens with zero attached hydrogens (tertiary/aromatic N) is 1. The summed E-state index contributed by atoms with van der Waals surface area (Å²) in [5.74, 6) is -0.495. The smallest absolute Gasteiger partial charge is 0.270 e. The van der Waals surface area contributed by atoms with Gasteiger partial charge in [-0.2, -0.15) is 4.37 Å². The maximum atomic E-state index is 10.6. The molecule has 4 nitrogen and oxygen atoms in total. The number of amides is 1. The van der Waals surface area contributed by atoms with E-state index in [1.807, 2.05) is 0 Å². The second kappa shape index (κ2) is 2.66. The van der Waals surface area contributed by atoms with Crippen LogP contribution in [-0.4, -0.2) is 17.3 Å². The number of carbonyl (C=O) groups excluding carboxylic acids is 1. The van der Waals surface area contributed by atoms with Crippen molar-refractivity contribution < 1.29 is 4.79 Å². The Balaban J connectivity index is 3.01. The van der Waals surface area contributed by atoms with Crippen molar-refractivity contribution in [1.29, 1.82) is 0 Å². The van der Waals surface area contributed by atoms with Crippen molar-refractivity contribution in [2.75, 3.05) is 12.4 Å². The molecule has 5 heteroatoms. The average molecular weight is 157 g/mol. The Hall–Kier alpha value is -1.10. The van der Waals surface area contributed by atoms with E-state index in [0.717, 1.165) is 0 Å². The quantitative estimate of drug-likeness (QED) is 0.648. The second-order valence-corrected chi connectivity index (χ2v) is 2.32. The third-order valence-electron chi connectivity index (χ3n) is 1.07. The summed E-state index contributed by atoms with van der Waals surface area (Å²) in [5.41, 5.74) is 6.00. The van der Waals surface area contributed by atoms with Crippen molar-refractivity contribution in [3.63, 3.8) is 0 Å². The number of nitrogens with one attached hydrogen (secondary N) is 1. The van der Waals surface area contributed by atoms with Crippen LogP contribution < -0.4 is 11.1 Å². The van der Waals surface area contributed by atoms with E-state index in [4.69, 9.17) is 5.73 Å². The standard InChI is InChI=1S/C5H7N3OS/c1-7-3-2-10-8-4(3)5(6)9/h2,7H,1H3,(H2,6,9). The van der Waals surface area contributed by atoms with E-state index < -0.39 is 5.91 Å². The molecule has 0 saturated heterocycles. The topological polar surface area (TPSA) is 68.0 Å². The number of rotatable bonds is 2. The summed E-state index contributed by atoms with van der Waals surface area (Å²) >= 11 is 1.21. The highest BCUT2D eigenvalue weighted by Gasteiger charge is 2.08. The summed E-state index contributed by atoms with van der Waals surface area (Å²) in [6.45, 7) is 0. The van der Waals surface area contributed by atoms with Gasteiger partial charge in [0, 0.05) is 12.4 Å². The number of hydrogen-bond donors (Lipinski definition) is 2. The van der Waals surface area contributed by atoms with Crippen LogP contribution in [0.15, 0.2) is 5.38 Å². The van der Waals surface area contributed by atoms with Gasteiger partial charge in [0.25, 0.3) is 5.91 Å². The highest BCUT2D eigenvalue weighted by atomic mass is 32.1. The minimum Gasteiger partial charge on any atom is -0.385 e. The SMILES string of the molecule is CNc1csnc1C(N)=O.